The van der Waals surface area contributed by atoms with Gasteiger partial charge in [-0.15, -0.1) is 0 Å². The second-order valence-electron chi connectivity index (χ2n) is 7.31. The maximum atomic E-state index is 13.0. The molecule has 2 saturated heterocycles. The molecule has 150 valence electrons. The first-order valence-corrected chi connectivity index (χ1v) is 11.1. The minimum Gasteiger partial charge on any atom is -0.340 e. The van der Waals surface area contributed by atoms with E-state index < -0.39 is 10.2 Å². The fraction of sp³-hybridized carbons (Fsp3) is 0.632. The molecule has 1 amide bonds. The van der Waals surface area contributed by atoms with Crippen molar-refractivity contribution in [2.75, 3.05) is 59.4 Å². The number of hydrogen-bond acceptors (Lipinski definition) is 4. The summed E-state index contributed by atoms with van der Waals surface area (Å²) in [7, 11) is -1.43. The van der Waals surface area contributed by atoms with E-state index in [0.29, 0.717) is 39.3 Å². The minimum absolute atomic E-state index is 0.0975. The molecule has 0 saturated carbocycles. The highest BCUT2D eigenvalue weighted by atomic mass is 32.2. The molecule has 0 N–H and O–H groups in total. The van der Waals surface area contributed by atoms with Gasteiger partial charge >= 0.3 is 0 Å². The molecule has 27 heavy (non-hydrogen) atoms. The first kappa shape index (κ1) is 20.3. The van der Waals surface area contributed by atoms with Gasteiger partial charge in [0.1, 0.15) is 0 Å². The Kier molecular flexibility index (Phi) is 6.52. The van der Waals surface area contributed by atoms with Gasteiger partial charge in [0.2, 0.25) is 5.91 Å². The molecule has 2 heterocycles. The summed E-state index contributed by atoms with van der Waals surface area (Å²) in [6.07, 6.45) is 0.739. The molecule has 7 nitrogen and oxygen atoms in total. The molecule has 0 aromatic heterocycles. The monoisotopic (exact) mass is 394 g/mol. The van der Waals surface area contributed by atoms with Crippen LogP contribution in [0.3, 0.4) is 0 Å². The Hall–Kier alpha value is -1.48. The van der Waals surface area contributed by atoms with Crippen LogP contribution in [-0.4, -0.2) is 92.1 Å². The SMILES string of the molecule is CCC(C(=O)N1CCN(S(=O)(=O)N2CCN(C)CC2)CC1)c1ccccc1. The van der Waals surface area contributed by atoms with Crippen LogP contribution in [0.15, 0.2) is 30.3 Å². The molecule has 0 aliphatic carbocycles. The molecule has 2 aliphatic heterocycles. The van der Waals surface area contributed by atoms with E-state index >= 15 is 0 Å². The third kappa shape index (κ3) is 4.51. The van der Waals surface area contributed by atoms with Crippen LogP contribution in [0.4, 0.5) is 0 Å². The molecule has 8 heteroatoms. The summed E-state index contributed by atoms with van der Waals surface area (Å²) in [5.41, 5.74) is 1.03. The number of piperazine rings is 2. The number of nitrogens with zero attached hydrogens (tertiary/aromatic N) is 4. The van der Waals surface area contributed by atoms with E-state index in [1.54, 1.807) is 4.31 Å². The molecular weight excluding hydrogens is 364 g/mol. The summed E-state index contributed by atoms with van der Waals surface area (Å²) < 4.78 is 28.8. The van der Waals surface area contributed by atoms with Gasteiger partial charge < -0.3 is 9.80 Å². The molecule has 1 aromatic rings. The topological polar surface area (TPSA) is 64.2 Å². The van der Waals surface area contributed by atoms with Gasteiger partial charge in [0.05, 0.1) is 5.92 Å². The van der Waals surface area contributed by atoms with Gasteiger partial charge in [-0.3, -0.25) is 4.79 Å². The molecule has 1 aromatic carbocycles. The normalized spacial score (nSPS) is 21.9. The zero-order valence-electron chi connectivity index (χ0n) is 16.2. The molecule has 3 rings (SSSR count). The summed E-state index contributed by atoms with van der Waals surface area (Å²) in [6, 6.07) is 9.82. The first-order chi connectivity index (χ1) is 12.9. The molecule has 0 spiro atoms. The van der Waals surface area contributed by atoms with Crippen molar-refractivity contribution in [2.45, 2.75) is 19.3 Å². The van der Waals surface area contributed by atoms with E-state index in [4.69, 9.17) is 0 Å². The second kappa shape index (κ2) is 8.68. The highest BCUT2D eigenvalue weighted by Gasteiger charge is 2.35. The fourth-order valence-corrected chi connectivity index (χ4v) is 5.36. The van der Waals surface area contributed by atoms with Crippen LogP contribution in [0.5, 0.6) is 0 Å². The lowest BCUT2D eigenvalue weighted by atomic mass is 9.95. The quantitative estimate of drug-likeness (QED) is 0.742. The van der Waals surface area contributed by atoms with Crippen LogP contribution in [0, 0.1) is 0 Å². The zero-order valence-corrected chi connectivity index (χ0v) is 17.1. The number of likely N-dealkylation sites (N-methyl/N-ethyl adjacent to an activating group) is 1. The Morgan fingerprint density at radius 1 is 0.926 bits per heavy atom. The molecular formula is C19H30N4O3S. The Labute approximate surface area is 162 Å². The predicted molar refractivity (Wildman–Crippen MR) is 106 cm³/mol. The van der Waals surface area contributed by atoms with E-state index in [0.717, 1.165) is 25.1 Å². The van der Waals surface area contributed by atoms with Crippen LogP contribution >= 0.6 is 0 Å². The summed E-state index contributed by atoms with van der Waals surface area (Å²) in [6.45, 7) is 6.23. The van der Waals surface area contributed by atoms with E-state index in [2.05, 4.69) is 4.90 Å². The van der Waals surface area contributed by atoms with Gasteiger partial charge in [0.15, 0.2) is 0 Å². The number of benzene rings is 1. The average molecular weight is 395 g/mol. The van der Waals surface area contributed by atoms with Crippen molar-refractivity contribution in [2.24, 2.45) is 0 Å². The van der Waals surface area contributed by atoms with Crippen LogP contribution < -0.4 is 0 Å². The predicted octanol–water partition coefficient (Wildman–Crippen LogP) is 0.817. The van der Waals surface area contributed by atoms with Crippen molar-refractivity contribution in [3.05, 3.63) is 35.9 Å². The smallest absolute Gasteiger partial charge is 0.282 e. The van der Waals surface area contributed by atoms with E-state index in [1.165, 1.54) is 4.31 Å². The highest BCUT2D eigenvalue weighted by molar-refractivity contribution is 7.86. The lowest BCUT2D eigenvalue weighted by Crippen LogP contribution is -2.57. The van der Waals surface area contributed by atoms with Crippen LogP contribution in [0.2, 0.25) is 0 Å². The third-order valence-corrected chi connectivity index (χ3v) is 7.61. The summed E-state index contributed by atoms with van der Waals surface area (Å²) in [5, 5.41) is 0. The second-order valence-corrected chi connectivity index (χ2v) is 9.23. The molecule has 0 radical (unpaired) electrons. The van der Waals surface area contributed by atoms with Crippen molar-refractivity contribution in [1.82, 2.24) is 18.4 Å². The van der Waals surface area contributed by atoms with Gasteiger partial charge in [-0.05, 0) is 19.0 Å². The average Bonchev–Trinajstić information content (AvgIpc) is 2.70. The van der Waals surface area contributed by atoms with Gasteiger partial charge in [0, 0.05) is 52.4 Å². The van der Waals surface area contributed by atoms with E-state index in [-0.39, 0.29) is 11.8 Å². The Bertz CT molecular complexity index is 725. The maximum Gasteiger partial charge on any atom is 0.282 e. The van der Waals surface area contributed by atoms with Gasteiger partial charge in [-0.25, -0.2) is 0 Å². The number of amides is 1. The van der Waals surface area contributed by atoms with Crippen molar-refractivity contribution in [3.8, 4) is 0 Å². The lowest BCUT2D eigenvalue weighted by molar-refractivity contribution is -0.134. The summed E-state index contributed by atoms with van der Waals surface area (Å²) in [4.78, 5) is 16.9. The molecule has 2 aliphatic rings. The van der Waals surface area contributed by atoms with Crippen molar-refractivity contribution in [3.63, 3.8) is 0 Å². The van der Waals surface area contributed by atoms with Gasteiger partial charge in [-0.2, -0.15) is 17.0 Å². The molecule has 0 bridgehead atoms. The Balaban J connectivity index is 1.60. The molecule has 2 fully saturated rings. The van der Waals surface area contributed by atoms with E-state index in [1.807, 2.05) is 49.2 Å². The maximum absolute atomic E-state index is 13.0. The molecule has 1 atom stereocenters. The van der Waals surface area contributed by atoms with Crippen molar-refractivity contribution >= 4 is 16.1 Å². The zero-order chi connectivity index (χ0) is 19.4. The van der Waals surface area contributed by atoms with E-state index in [9.17, 15) is 13.2 Å². The van der Waals surface area contributed by atoms with Crippen molar-refractivity contribution in [1.29, 1.82) is 0 Å². The number of rotatable bonds is 5. The number of carbonyl (C=O) groups excluding carboxylic acids is 1. The van der Waals surface area contributed by atoms with Crippen LogP contribution in [-0.2, 0) is 15.0 Å². The third-order valence-electron chi connectivity index (χ3n) is 5.57. The lowest BCUT2D eigenvalue weighted by Gasteiger charge is -2.39. The van der Waals surface area contributed by atoms with Crippen LogP contribution in [0.1, 0.15) is 24.8 Å². The van der Waals surface area contributed by atoms with Crippen LogP contribution in [0.25, 0.3) is 0 Å². The van der Waals surface area contributed by atoms with Gasteiger partial charge in [0.25, 0.3) is 10.2 Å². The number of hydrogen-bond donors (Lipinski definition) is 0. The Morgan fingerprint density at radius 2 is 1.44 bits per heavy atom. The highest BCUT2D eigenvalue weighted by Crippen LogP contribution is 2.23. The van der Waals surface area contributed by atoms with Gasteiger partial charge in [-0.1, -0.05) is 37.3 Å². The minimum atomic E-state index is -3.43. The number of carbonyl (C=O) groups is 1. The fourth-order valence-electron chi connectivity index (χ4n) is 3.78. The van der Waals surface area contributed by atoms with Crippen molar-refractivity contribution < 1.29 is 13.2 Å². The summed E-state index contributed by atoms with van der Waals surface area (Å²) in [5.74, 6) is -0.0627. The molecule has 1 unspecified atom stereocenters. The largest absolute Gasteiger partial charge is 0.340 e. The standard InChI is InChI=1S/C19H30N4O3S/c1-3-18(17-7-5-4-6-8-17)19(24)21-11-15-23(16-12-21)27(25,26)22-13-9-20(2)10-14-22/h4-8,18H,3,9-16H2,1-2H3. The Morgan fingerprint density at radius 3 is 1.96 bits per heavy atom. The summed E-state index contributed by atoms with van der Waals surface area (Å²) >= 11 is 0. The first-order valence-electron chi connectivity index (χ1n) is 9.71.